The first-order valence-electron chi connectivity index (χ1n) is 19.8. The van der Waals surface area contributed by atoms with E-state index in [1.807, 2.05) is 24.3 Å². The van der Waals surface area contributed by atoms with Crippen LogP contribution in [0.25, 0.3) is 24.3 Å². The number of rotatable bonds is 24. The fraction of sp³-hybridized carbons (Fsp3) is 0.500. The normalized spacial score (nSPS) is 25.2. The number of aromatic nitrogens is 4. The Morgan fingerprint density at radius 1 is 0.482 bits per heavy atom. The number of aliphatic hydroxyl groups is 2. The summed E-state index contributed by atoms with van der Waals surface area (Å²) in [4.78, 5) is 8.30. The van der Waals surface area contributed by atoms with E-state index in [0.717, 1.165) is 28.2 Å². The van der Waals surface area contributed by atoms with E-state index in [0.29, 0.717) is 79.2 Å². The standard InChI is InChI=1S/C44H56N4O8/c1-51-23-25-55-29-27-53-21-19-47-33(5-3-31-11-15-45-16-12-31)7-9-35(47)37-39-40(37)43(49)38(41-42(39)44(41)50)36-10-8-34(6-4-32-13-17-46-18-14-32)48(36)20-22-54-28-30-56-26-24-52-2/h3-18,37-44,49-50H,19-30H2,1-2H3/b5-3+,6-4+/t37?,38-,39?,40?,41?,42?,43?,44?/m0/s1. The monoisotopic (exact) mass is 768 g/mol. The molecule has 4 heterocycles. The molecule has 56 heavy (non-hydrogen) atoms. The van der Waals surface area contributed by atoms with Crippen LogP contribution in [0.5, 0.6) is 0 Å². The summed E-state index contributed by atoms with van der Waals surface area (Å²) in [5, 5.41) is 23.9. The van der Waals surface area contributed by atoms with Gasteiger partial charge in [0.05, 0.1) is 78.3 Å². The lowest BCUT2D eigenvalue weighted by atomic mass is 9.84. The van der Waals surface area contributed by atoms with Crippen LogP contribution in [-0.2, 0) is 41.5 Å². The Morgan fingerprint density at radius 2 is 0.911 bits per heavy atom. The Morgan fingerprint density at radius 3 is 1.39 bits per heavy atom. The highest BCUT2D eigenvalue weighted by molar-refractivity contribution is 5.69. The van der Waals surface area contributed by atoms with E-state index in [-0.39, 0.29) is 35.5 Å². The third-order valence-corrected chi connectivity index (χ3v) is 11.5. The molecule has 0 bridgehead atoms. The van der Waals surface area contributed by atoms with Crippen LogP contribution in [-0.4, -0.2) is 122 Å². The lowest BCUT2D eigenvalue weighted by molar-refractivity contribution is 0.0225. The minimum Gasteiger partial charge on any atom is -0.392 e. The number of nitrogens with zero attached hydrogens (tertiary/aromatic N) is 4. The smallest absolute Gasteiger partial charge is 0.0701 e. The summed E-state index contributed by atoms with van der Waals surface area (Å²) in [6.07, 6.45) is 14.5. The summed E-state index contributed by atoms with van der Waals surface area (Å²) in [5.41, 5.74) is 6.44. The van der Waals surface area contributed by atoms with Crippen LogP contribution in [0.4, 0.5) is 0 Å². The zero-order valence-corrected chi connectivity index (χ0v) is 32.5. The SMILES string of the molecule is COCCOCCOCCn1c(/C=C/c2ccncc2)ccc1C1C2C1C(O)[C@@H](c1ccc(/C=C/c3ccncc3)n1CCOCCOCCOC)C1C(O)C21. The van der Waals surface area contributed by atoms with E-state index >= 15 is 0 Å². The molecule has 4 aromatic heterocycles. The van der Waals surface area contributed by atoms with Crippen molar-refractivity contribution in [2.24, 2.45) is 23.7 Å². The Labute approximate surface area is 329 Å². The second-order valence-electron chi connectivity index (χ2n) is 14.7. The summed E-state index contributed by atoms with van der Waals surface area (Å²) >= 11 is 0. The second kappa shape index (κ2) is 19.9. The van der Waals surface area contributed by atoms with E-state index in [1.54, 1.807) is 39.0 Å². The topological polar surface area (TPSA) is 131 Å². The van der Waals surface area contributed by atoms with Gasteiger partial charge in [0.2, 0.25) is 0 Å². The largest absolute Gasteiger partial charge is 0.392 e. The van der Waals surface area contributed by atoms with Crippen LogP contribution in [0.15, 0.2) is 73.3 Å². The van der Waals surface area contributed by atoms with Crippen LogP contribution in [0.3, 0.4) is 0 Å². The first-order valence-corrected chi connectivity index (χ1v) is 19.8. The molecule has 3 saturated carbocycles. The highest BCUT2D eigenvalue weighted by Gasteiger charge is 2.75. The molecule has 2 N–H and O–H groups in total. The summed E-state index contributed by atoms with van der Waals surface area (Å²) in [6, 6.07) is 16.5. The number of pyridine rings is 2. The zero-order valence-electron chi connectivity index (χ0n) is 32.5. The van der Waals surface area contributed by atoms with E-state index < -0.39 is 12.2 Å². The Hall–Kier alpha value is -3.98. The molecule has 0 amide bonds. The third-order valence-electron chi connectivity index (χ3n) is 11.5. The molecule has 0 aromatic carbocycles. The fourth-order valence-corrected chi connectivity index (χ4v) is 8.75. The van der Waals surface area contributed by atoms with Gasteiger partial charge >= 0.3 is 0 Å². The van der Waals surface area contributed by atoms with Gasteiger partial charge in [-0.25, -0.2) is 0 Å². The molecule has 0 saturated heterocycles. The molecule has 0 radical (unpaired) electrons. The number of ether oxygens (including phenoxy) is 6. The molecular formula is C44H56N4O8. The molecule has 12 heteroatoms. The summed E-state index contributed by atoms with van der Waals surface area (Å²) < 4.78 is 37.9. The minimum atomic E-state index is -0.608. The molecule has 3 fully saturated rings. The number of aliphatic hydroxyl groups excluding tert-OH is 2. The number of hydrogen-bond donors (Lipinski definition) is 2. The van der Waals surface area contributed by atoms with Gasteiger partial charge in [-0.2, -0.15) is 0 Å². The average molecular weight is 769 g/mol. The number of fused-ring (bicyclic) bond motifs is 3. The van der Waals surface area contributed by atoms with Gasteiger partial charge in [0.1, 0.15) is 0 Å². The lowest BCUT2D eigenvalue weighted by Gasteiger charge is -2.28. The lowest BCUT2D eigenvalue weighted by Crippen LogP contribution is -2.30. The summed E-state index contributed by atoms with van der Waals surface area (Å²) in [5.74, 6) is 0.330. The van der Waals surface area contributed by atoms with Crippen molar-refractivity contribution in [3.05, 3.63) is 107 Å². The van der Waals surface area contributed by atoms with E-state index in [1.165, 1.54) is 5.69 Å². The molecule has 0 aliphatic heterocycles. The maximum atomic E-state index is 12.3. The highest BCUT2D eigenvalue weighted by atomic mass is 16.5. The molecule has 7 unspecified atom stereocenters. The van der Waals surface area contributed by atoms with E-state index in [2.05, 4.69) is 67.7 Å². The molecule has 8 atom stereocenters. The van der Waals surface area contributed by atoms with E-state index in [9.17, 15) is 10.2 Å². The van der Waals surface area contributed by atoms with Crippen molar-refractivity contribution in [1.29, 1.82) is 0 Å². The minimum absolute atomic E-state index is 0.00654. The molecule has 300 valence electrons. The highest BCUT2D eigenvalue weighted by Crippen LogP contribution is 2.75. The number of methoxy groups -OCH3 is 2. The number of hydrogen-bond acceptors (Lipinski definition) is 10. The van der Waals surface area contributed by atoms with Crippen molar-refractivity contribution in [3.8, 4) is 0 Å². The van der Waals surface area contributed by atoms with Gasteiger partial charge in [-0.3, -0.25) is 9.97 Å². The van der Waals surface area contributed by atoms with Crippen molar-refractivity contribution < 1.29 is 38.6 Å². The van der Waals surface area contributed by atoms with Gasteiger partial charge in [0.15, 0.2) is 0 Å². The molecule has 3 aliphatic carbocycles. The quantitative estimate of drug-likeness (QED) is 0.0953. The van der Waals surface area contributed by atoms with E-state index in [4.69, 9.17) is 28.4 Å². The second-order valence-corrected chi connectivity index (χ2v) is 14.7. The maximum absolute atomic E-state index is 12.3. The van der Waals surface area contributed by atoms with Crippen molar-refractivity contribution in [2.75, 3.05) is 80.3 Å². The summed E-state index contributed by atoms with van der Waals surface area (Å²) in [7, 11) is 3.32. The molecule has 12 nitrogen and oxygen atoms in total. The zero-order chi connectivity index (χ0) is 38.7. The maximum Gasteiger partial charge on any atom is 0.0701 e. The van der Waals surface area contributed by atoms with Crippen molar-refractivity contribution in [3.63, 3.8) is 0 Å². The van der Waals surface area contributed by atoms with Gasteiger partial charge in [0, 0.05) is 92.6 Å². The first kappa shape index (κ1) is 40.2. The van der Waals surface area contributed by atoms with Crippen LogP contribution in [0, 0.1) is 23.7 Å². The third kappa shape index (κ3) is 9.58. The first-order chi connectivity index (χ1) is 27.6. The predicted octanol–water partition coefficient (Wildman–Crippen LogP) is 4.87. The molecule has 3 aliphatic rings. The Kier molecular flexibility index (Phi) is 14.3. The van der Waals surface area contributed by atoms with Gasteiger partial charge in [-0.15, -0.1) is 0 Å². The van der Waals surface area contributed by atoms with Crippen molar-refractivity contribution >= 4 is 24.3 Å². The Bertz CT molecular complexity index is 1840. The molecular weight excluding hydrogens is 713 g/mol. The van der Waals surface area contributed by atoms with Crippen LogP contribution < -0.4 is 0 Å². The Balaban J connectivity index is 1.09. The average Bonchev–Trinajstić information content (AvgIpc) is 4.00. The van der Waals surface area contributed by atoms with Gasteiger partial charge in [-0.1, -0.05) is 12.2 Å². The fourth-order valence-electron chi connectivity index (χ4n) is 8.75. The van der Waals surface area contributed by atoms with Gasteiger partial charge in [-0.05, 0) is 89.6 Å². The van der Waals surface area contributed by atoms with Crippen LogP contribution >= 0.6 is 0 Å². The van der Waals surface area contributed by atoms with Crippen molar-refractivity contribution in [1.82, 2.24) is 19.1 Å². The summed E-state index contributed by atoms with van der Waals surface area (Å²) in [6.45, 7) is 6.47. The van der Waals surface area contributed by atoms with Crippen molar-refractivity contribution in [2.45, 2.75) is 37.1 Å². The van der Waals surface area contributed by atoms with Crippen LogP contribution in [0.2, 0.25) is 0 Å². The van der Waals surface area contributed by atoms with Gasteiger partial charge in [0.25, 0.3) is 0 Å². The molecule has 4 aromatic rings. The van der Waals surface area contributed by atoms with Gasteiger partial charge < -0.3 is 47.8 Å². The molecule has 7 rings (SSSR count). The molecule has 0 spiro atoms. The predicted molar refractivity (Wildman–Crippen MR) is 214 cm³/mol. The van der Waals surface area contributed by atoms with Crippen LogP contribution in [0.1, 0.15) is 45.7 Å².